The summed E-state index contributed by atoms with van der Waals surface area (Å²) in [5, 5.41) is 0. The van der Waals surface area contributed by atoms with Gasteiger partial charge in [0.25, 0.3) is 0 Å². The fraction of sp³-hybridized carbons (Fsp3) is 0.562. The van der Waals surface area contributed by atoms with Gasteiger partial charge in [-0.05, 0) is 72.7 Å². The van der Waals surface area contributed by atoms with Crippen molar-refractivity contribution in [3.8, 4) is 0 Å². The van der Waals surface area contributed by atoms with Crippen LogP contribution in [0.2, 0.25) is 0 Å². The number of hydrogen-bond donors (Lipinski definition) is 0. The van der Waals surface area contributed by atoms with Gasteiger partial charge in [-0.15, -0.1) is 0 Å². The quantitative estimate of drug-likeness (QED) is 0.753. The standard InChI is InChI=1S/C16H22BrNO/c1-11-4-6-13(7-5-11)18(3)14-8-9-15(12(2)19)16(17)10-14/h8-11,13H,4-7H2,1-3H3. The number of benzene rings is 1. The van der Waals surface area contributed by atoms with E-state index in [1.54, 1.807) is 6.92 Å². The van der Waals surface area contributed by atoms with E-state index < -0.39 is 0 Å². The van der Waals surface area contributed by atoms with Gasteiger partial charge >= 0.3 is 0 Å². The second-order valence-electron chi connectivity index (χ2n) is 5.74. The molecule has 2 nitrogen and oxygen atoms in total. The lowest BCUT2D eigenvalue weighted by atomic mass is 9.86. The maximum Gasteiger partial charge on any atom is 0.160 e. The summed E-state index contributed by atoms with van der Waals surface area (Å²) >= 11 is 3.50. The molecule has 0 aromatic heterocycles. The SMILES string of the molecule is CC(=O)c1ccc(N(C)C2CCC(C)CC2)cc1Br. The predicted octanol–water partition coefficient (Wildman–Crippen LogP) is 4.67. The molecular weight excluding hydrogens is 302 g/mol. The first kappa shape index (κ1) is 14.6. The maximum absolute atomic E-state index is 11.4. The highest BCUT2D eigenvalue weighted by Crippen LogP contribution is 2.31. The average molecular weight is 324 g/mol. The van der Waals surface area contributed by atoms with Gasteiger partial charge < -0.3 is 4.90 Å². The normalized spacial score (nSPS) is 23.2. The lowest BCUT2D eigenvalue weighted by Gasteiger charge is -2.35. The predicted molar refractivity (Wildman–Crippen MR) is 84.0 cm³/mol. The van der Waals surface area contributed by atoms with Crippen molar-refractivity contribution in [2.75, 3.05) is 11.9 Å². The second-order valence-corrected chi connectivity index (χ2v) is 6.60. The summed E-state index contributed by atoms with van der Waals surface area (Å²) in [6, 6.07) is 6.67. The third-order valence-electron chi connectivity index (χ3n) is 4.27. The summed E-state index contributed by atoms with van der Waals surface area (Å²) in [6.45, 7) is 3.94. The van der Waals surface area contributed by atoms with Crippen LogP contribution in [0.1, 0.15) is 49.9 Å². The Hall–Kier alpha value is -0.830. The lowest BCUT2D eigenvalue weighted by molar-refractivity contribution is 0.101. The zero-order valence-corrected chi connectivity index (χ0v) is 13.5. The van der Waals surface area contributed by atoms with Crippen molar-refractivity contribution in [2.45, 2.75) is 45.6 Å². The average Bonchev–Trinajstić information content (AvgIpc) is 2.38. The Kier molecular flexibility index (Phi) is 4.67. The highest BCUT2D eigenvalue weighted by Gasteiger charge is 2.22. The first-order valence-electron chi connectivity index (χ1n) is 7.02. The topological polar surface area (TPSA) is 20.3 Å². The van der Waals surface area contributed by atoms with Crippen LogP contribution in [-0.2, 0) is 0 Å². The van der Waals surface area contributed by atoms with E-state index >= 15 is 0 Å². The van der Waals surface area contributed by atoms with Crippen LogP contribution in [0.4, 0.5) is 5.69 Å². The molecule has 3 heteroatoms. The molecule has 104 valence electrons. The molecule has 0 radical (unpaired) electrons. The molecule has 0 bridgehead atoms. The molecule has 0 amide bonds. The van der Waals surface area contributed by atoms with Crippen molar-refractivity contribution in [3.05, 3.63) is 28.2 Å². The minimum atomic E-state index is 0.104. The molecule has 0 aliphatic heterocycles. The molecule has 0 heterocycles. The second kappa shape index (κ2) is 6.08. The van der Waals surface area contributed by atoms with E-state index in [0.717, 1.165) is 16.0 Å². The van der Waals surface area contributed by atoms with E-state index in [0.29, 0.717) is 6.04 Å². The summed E-state index contributed by atoms with van der Waals surface area (Å²) in [5.74, 6) is 0.976. The summed E-state index contributed by atoms with van der Waals surface area (Å²) < 4.78 is 0.897. The van der Waals surface area contributed by atoms with Crippen LogP contribution >= 0.6 is 15.9 Å². The van der Waals surface area contributed by atoms with Crippen LogP contribution in [0, 0.1) is 5.92 Å². The summed E-state index contributed by atoms with van der Waals surface area (Å²) in [5.41, 5.74) is 1.95. The number of halogens is 1. The summed E-state index contributed by atoms with van der Waals surface area (Å²) in [4.78, 5) is 13.8. The van der Waals surface area contributed by atoms with Gasteiger partial charge in [0.1, 0.15) is 0 Å². The van der Waals surface area contributed by atoms with E-state index in [1.165, 1.54) is 31.4 Å². The molecule has 1 aromatic rings. The first-order chi connectivity index (χ1) is 8.99. The van der Waals surface area contributed by atoms with E-state index in [-0.39, 0.29) is 5.78 Å². The van der Waals surface area contributed by atoms with E-state index in [1.807, 2.05) is 6.07 Å². The van der Waals surface area contributed by atoms with Gasteiger partial charge in [-0.1, -0.05) is 6.92 Å². The Balaban J connectivity index is 2.13. The van der Waals surface area contributed by atoms with Gasteiger partial charge in [-0.25, -0.2) is 0 Å². The van der Waals surface area contributed by atoms with Gasteiger partial charge in [-0.3, -0.25) is 4.79 Å². The molecular formula is C16H22BrNO. The van der Waals surface area contributed by atoms with Crippen molar-refractivity contribution in [1.29, 1.82) is 0 Å². The monoisotopic (exact) mass is 323 g/mol. The molecule has 0 unspecified atom stereocenters. The van der Waals surface area contributed by atoms with Crippen LogP contribution in [-0.4, -0.2) is 18.9 Å². The Bertz CT molecular complexity index is 464. The van der Waals surface area contributed by atoms with E-state index in [2.05, 4.69) is 46.9 Å². The largest absolute Gasteiger partial charge is 0.372 e. The molecule has 0 saturated heterocycles. The lowest BCUT2D eigenvalue weighted by Crippen LogP contribution is -2.34. The smallest absolute Gasteiger partial charge is 0.160 e. The molecule has 2 rings (SSSR count). The Morgan fingerprint density at radius 3 is 2.42 bits per heavy atom. The zero-order chi connectivity index (χ0) is 14.0. The Morgan fingerprint density at radius 2 is 1.89 bits per heavy atom. The number of carbonyl (C=O) groups is 1. The highest BCUT2D eigenvalue weighted by molar-refractivity contribution is 9.10. The van der Waals surface area contributed by atoms with Crippen molar-refractivity contribution < 1.29 is 4.79 Å². The van der Waals surface area contributed by atoms with Crippen molar-refractivity contribution >= 4 is 27.4 Å². The van der Waals surface area contributed by atoms with Crippen LogP contribution in [0.3, 0.4) is 0 Å². The molecule has 0 N–H and O–H groups in total. The molecule has 1 fully saturated rings. The molecule has 1 saturated carbocycles. The third-order valence-corrected chi connectivity index (χ3v) is 4.93. The van der Waals surface area contributed by atoms with Crippen molar-refractivity contribution in [3.63, 3.8) is 0 Å². The number of carbonyl (C=O) groups excluding carboxylic acids is 1. The van der Waals surface area contributed by atoms with Crippen molar-refractivity contribution in [1.82, 2.24) is 0 Å². The molecule has 1 aliphatic rings. The number of anilines is 1. The molecule has 0 spiro atoms. The number of ketones is 1. The van der Waals surface area contributed by atoms with Crippen molar-refractivity contribution in [2.24, 2.45) is 5.92 Å². The van der Waals surface area contributed by atoms with Gasteiger partial charge in [-0.2, -0.15) is 0 Å². The first-order valence-corrected chi connectivity index (χ1v) is 7.81. The Morgan fingerprint density at radius 1 is 1.26 bits per heavy atom. The summed E-state index contributed by atoms with van der Waals surface area (Å²) in [6.07, 6.45) is 5.18. The van der Waals surface area contributed by atoms with Crippen LogP contribution in [0.15, 0.2) is 22.7 Å². The van der Waals surface area contributed by atoms with Crippen LogP contribution in [0.5, 0.6) is 0 Å². The minimum Gasteiger partial charge on any atom is -0.372 e. The number of nitrogens with zero attached hydrogens (tertiary/aromatic N) is 1. The fourth-order valence-electron chi connectivity index (χ4n) is 2.85. The fourth-order valence-corrected chi connectivity index (χ4v) is 3.50. The molecule has 19 heavy (non-hydrogen) atoms. The third kappa shape index (κ3) is 3.38. The maximum atomic E-state index is 11.4. The number of rotatable bonds is 3. The van der Waals surface area contributed by atoms with Gasteiger partial charge in [0.05, 0.1) is 0 Å². The zero-order valence-electron chi connectivity index (χ0n) is 11.9. The van der Waals surface area contributed by atoms with E-state index in [4.69, 9.17) is 0 Å². The Labute approximate surface area is 124 Å². The molecule has 1 aliphatic carbocycles. The minimum absolute atomic E-state index is 0.104. The molecule has 0 atom stereocenters. The van der Waals surface area contributed by atoms with Crippen LogP contribution < -0.4 is 4.90 Å². The summed E-state index contributed by atoms with van der Waals surface area (Å²) in [7, 11) is 2.16. The van der Waals surface area contributed by atoms with Gasteiger partial charge in [0.15, 0.2) is 5.78 Å². The van der Waals surface area contributed by atoms with Crippen LogP contribution in [0.25, 0.3) is 0 Å². The highest BCUT2D eigenvalue weighted by atomic mass is 79.9. The van der Waals surface area contributed by atoms with Gasteiger partial charge in [0.2, 0.25) is 0 Å². The number of Topliss-reactive ketones (excluding diaryl/α,β-unsaturated/α-hetero) is 1. The molecule has 1 aromatic carbocycles. The van der Waals surface area contributed by atoms with E-state index in [9.17, 15) is 4.79 Å². The van der Waals surface area contributed by atoms with Gasteiger partial charge in [0, 0.05) is 28.8 Å². The number of hydrogen-bond acceptors (Lipinski definition) is 2.